The summed E-state index contributed by atoms with van der Waals surface area (Å²) in [4.78, 5) is 22.9. The number of unbranched alkanes of at least 4 members (excludes halogenated alkanes) is 4. The molecule has 0 aliphatic heterocycles. The van der Waals surface area contributed by atoms with Crippen LogP contribution in [0.4, 0.5) is 11.4 Å². The number of nitrogens with zero attached hydrogens (tertiary/aromatic N) is 2. The number of hydrogen-bond donors (Lipinski definition) is 0. The lowest BCUT2D eigenvalue weighted by atomic mass is 10.2. The van der Waals surface area contributed by atoms with E-state index in [2.05, 4.69) is 10.2 Å². The van der Waals surface area contributed by atoms with Crippen LogP contribution in [0.3, 0.4) is 0 Å². The van der Waals surface area contributed by atoms with E-state index >= 15 is 0 Å². The maximum Gasteiger partial charge on any atom is 0.305 e. The minimum Gasteiger partial charge on any atom is -0.494 e. The Kier molecular flexibility index (Phi) is 15.9. The highest BCUT2D eigenvalue weighted by molar-refractivity contribution is 5.69. The molecule has 0 aliphatic carbocycles. The van der Waals surface area contributed by atoms with Gasteiger partial charge in [-0.25, -0.2) is 0 Å². The molecule has 0 saturated heterocycles. The van der Waals surface area contributed by atoms with Crippen molar-refractivity contribution in [3.63, 3.8) is 0 Å². The third-order valence-corrected chi connectivity index (χ3v) is 5.48. The van der Waals surface area contributed by atoms with E-state index in [0.29, 0.717) is 39.3 Å². The number of azo groups is 1. The first kappa shape index (κ1) is 30.8. The Morgan fingerprint density at radius 2 is 0.947 bits per heavy atom. The zero-order chi connectivity index (χ0) is 27.3. The van der Waals surface area contributed by atoms with Gasteiger partial charge in [-0.3, -0.25) is 9.59 Å². The molecule has 2 aromatic carbocycles. The van der Waals surface area contributed by atoms with E-state index in [1.807, 2.05) is 62.4 Å². The lowest BCUT2D eigenvalue weighted by Gasteiger charge is -2.07. The van der Waals surface area contributed by atoms with E-state index in [1.165, 1.54) is 0 Å². The summed E-state index contributed by atoms with van der Waals surface area (Å²) in [5.74, 6) is 1.33. The summed E-state index contributed by atoms with van der Waals surface area (Å²) >= 11 is 0. The van der Waals surface area contributed by atoms with Crippen molar-refractivity contribution in [2.45, 2.75) is 78.1 Å². The SMILES string of the molecule is CCCOC(=O)CCCCCOc1ccc(N=Nc2ccc(OCCCCCC(=O)OCCC)cc2)cc1. The number of ether oxygens (including phenoxy) is 4. The van der Waals surface area contributed by atoms with Crippen molar-refractivity contribution in [1.29, 1.82) is 0 Å². The molecule has 0 bridgehead atoms. The van der Waals surface area contributed by atoms with Crippen LogP contribution in [-0.4, -0.2) is 38.4 Å². The van der Waals surface area contributed by atoms with E-state index < -0.39 is 0 Å². The van der Waals surface area contributed by atoms with Crippen LogP contribution in [0.25, 0.3) is 0 Å². The van der Waals surface area contributed by atoms with E-state index in [-0.39, 0.29) is 11.9 Å². The summed E-state index contributed by atoms with van der Waals surface area (Å²) in [6, 6.07) is 15.0. The van der Waals surface area contributed by atoms with Crippen LogP contribution < -0.4 is 9.47 Å². The highest BCUT2D eigenvalue weighted by Gasteiger charge is 2.03. The van der Waals surface area contributed by atoms with Gasteiger partial charge in [0.2, 0.25) is 0 Å². The van der Waals surface area contributed by atoms with Crippen molar-refractivity contribution >= 4 is 23.3 Å². The van der Waals surface area contributed by atoms with Crippen LogP contribution in [-0.2, 0) is 19.1 Å². The Morgan fingerprint density at radius 1 is 0.553 bits per heavy atom. The van der Waals surface area contributed by atoms with Gasteiger partial charge in [0, 0.05) is 12.8 Å². The molecule has 8 heteroatoms. The quantitative estimate of drug-likeness (QED) is 0.0989. The number of carbonyl (C=O) groups is 2. The van der Waals surface area contributed by atoms with Crippen molar-refractivity contribution in [2.24, 2.45) is 10.2 Å². The summed E-state index contributed by atoms with van der Waals surface area (Å²) in [7, 11) is 0. The van der Waals surface area contributed by atoms with Gasteiger partial charge < -0.3 is 18.9 Å². The van der Waals surface area contributed by atoms with Gasteiger partial charge in [-0.15, -0.1) is 0 Å². The Labute approximate surface area is 226 Å². The number of carbonyl (C=O) groups excluding carboxylic acids is 2. The standard InChI is InChI=1S/C30H42N2O6/c1-3-21-37-29(33)11-7-5-9-23-35-27-17-13-25(14-18-27)31-32-26-15-19-28(20-16-26)36-24-10-6-8-12-30(34)38-22-4-2/h13-20H,3-12,21-24H2,1-2H3. The summed E-state index contributed by atoms with van der Waals surface area (Å²) in [5, 5.41) is 8.56. The maximum atomic E-state index is 11.5. The van der Waals surface area contributed by atoms with Gasteiger partial charge in [0.05, 0.1) is 37.8 Å². The van der Waals surface area contributed by atoms with Crippen molar-refractivity contribution in [3.8, 4) is 11.5 Å². The Bertz CT molecular complexity index is 867. The number of benzene rings is 2. The van der Waals surface area contributed by atoms with Crippen molar-refractivity contribution in [1.82, 2.24) is 0 Å². The molecule has 0 aliphatic rings. The van der Waals surface area contributed by atoms with Crippen LogP contribution in [0.1, 0.15) is 78.1 Å². The molecule has 0 unspecified atom stereocenters. The van der Waals surface area contributed by atoms with Gasteiger partial charge in [0.1, 0.15) is 11.5 Å². The average molecular weight is 527 g/mol. The Morgan fingerprint density at radius 3 is 1.32 bits per heavy atom. The van der Waals surface area contributed by atoms with Crippen molar-refractivity contribution in [3.05, 3.63) is 48.5 Å². The highest BCUT2D eigenvalue weighted by atomic mass is 16.5. The highest BCUT2D eigenvalue weighted by Crippen LogP contribution is 2.23. The summed E-state index contributed by atoms with van der Waals surface area (Å²) in [5.41, 5.74) is 1.48. The number of esters is 2. The lowest BCUT2D eigenvalue weighted by molar-refractivity contribution is -0.144. The molecule has 0 N–H and O–H groups in total. The topological polar surface area (TPSA) is 95.8 Å². The van der Waals surface area contributed by atoms with Crippen LogP contribution in [0, 0.1) is 0 Å². The van der Waals surface area contributed by atoms with E-state index in [1.54, 1.807) is 0 Å². The number of hydrogen-bond acceptors (Lipinski definition) is 8. The smallest absolute Gasteiger partial charge is 0.305 e. The molecule has 0 radical (unpaired) electrons. The van der Waals surface area contributed by atoms with Gasteiger partial charge in [-0.2, -0.15) is 10.2 Å². The van der Waals surface area contributed by atoms with Gasteiger partial charge in [0.25, 0.3) is 0 Å². The molecule has 0 amide bonds. The summed E-state index contributed by atoms with van der Waals surface area (Å²) in [6.07, 6.45) is 7.90. The molecule has 0 atom stereocenters. The molecular weight excluding hydrogens is 484 g/mol. The van der Waals surface area contributed by atoms with E-state index in [4.69, 9.17) is 18.9 Å². The number of rotatable bonds is 20. The Balaban J connectivity index is 1.59. The fraction of sp³-hybridized carbons (Fsp3) is 0.533. The molecule has 0 fully saturated rings. The van der Waals surface area contributed by atoms with Crippen molar-refractivity contribution in [2.75, 3.05) is 26.4 Å². The second-order valence-corrected chi connectivity index (χ2v) is 8.95. The normalized spacial score (nSPS) is 10.9. The molecule has 208 valence electrons. The van der Waals surface area contributed by atoms with Crippen LogP contribution >= 0.6 is 0 Å². The van der Waals surface area contributed by atoms with Gasteiger partial charge >= 0.3 is 11.9 Å². The zero-order valence-corrected chi connectivity index (χ0v) is 22.9. The monoisotopic (exact) mass is 526 g/mol. The van der Waals surface area contributed by atoms with Gasteiger partial charge in [-0.1, -0.05) is 13.8 Å². The van der Waals surface area contributed by atoms with Gasteiger partial charge in [0.15, 0.2) is 0 Å². The average Bonchev–Trinajstić information content (AvgIpc) is 2.94. The van der Waals surface area contributed by atoms with Crippen LogP contribution in [0.2, 0.25) is 0 Å². The molecule has 0 heterocycles. The first-order valence-corrected chi connectivity index (χ1v) is 13.8. The predicted octanol–water partition coefficient (Wildman–Crippen LogP) is 7.89. The minimum atomic E-state index is -0.118. The molecule has 0 saturated carbocycles. The molecule has 2 rings (SSSR count). The molecular formula is C30H42N2O6. The molecule has 8 nitrogen and oxygen atoms in total. The second kappa shape index (κ2) is 19.7. The molecule has 0 spiro atoms. The molecule has 38 heavy (non-hydrogen) atoms. The van der Waals surface area contributed by atoms with Crippen LogP contribution in [0.5, 0.6) is 11.5 Å². The van der Waals surface area contributed by atoms with E-state index in [0.717, 1.165) is 74.2 Å². The van der Waals surface area contributed by atoms with Crippen molar-refractivity contribution < 1.29 is 28.5 Å². The first-order valence-electron chi connectivity index (χ1n) is 13.8. The van der Waals surface area contributed by atoms with Crippen LogP contribution in [0.15, 0.2) is 58.8 Å². The van der Waals surface area contributed by atoms with Gasteiger partial charge in [-0.05, 0) is 99.9 Å². The Hall–Kier alpha value is -3.42. The second-order valence-electron chi connectivity index (χ2n) is 8.95. The molecule has 0 aromatic heterocycles. The fourth-order valence-corrected chi connectivity index (χ4v) is 3.39. The third kappa shape index (κ3) is 14.4. The van der Waals surface area contributed by atoms with E-state index in [9.17, 15) is 9.59 Å². The molecule has 2 aromatic rings. The summed E-state index contributed by atoms with van der Waals surface area (Å²) in [6.45, 7) is 6.18. The zero-order valence-electron chi connectivity index (χ0n) is 22.9. The predicted molar refractivity (Wildman–Crippen MR) is 147 cm³/mol. The largest absolute Gasteiger partial charge is 0.494 e. The first-order chi connectivity index (χ1) is 18.6. The minimum absolute atomic E-state index is 0.118. The third-order valence-electron chi connectivity index (χ3n) is 5.48. The fourth-order valence-electron chi connectivity index (χ4n) is 3.39. The lowest BCUT2D eigenvalue weighted by Crippen LogP contribution is -2.05. The maximum absolute atomic E-state index is 11.5. The summed E-state index contributed by atoms with van der Waals surface area (Å²) < 4.78 is 21.7.